The molecule has 45 heavy (non-hydrogen) atoms. The molecule has 2 atom stereocenters. The fraction of sp³-hybridized carbons (Fsp3) is 0.345. The summed E-state index contributed by atoms with van der Waals surface area (Å²) in [6, 6.07) is 7.68. The van der Waals surface area contributed by atoms with Gasteiger partial charge in [-0.15, -0.1) is 0 Å². The number of ether oxygens (including phenoxy) is 2. The first kappa shape index (κ1) is 33.8. The first-order valence-electron chi connectivity index (χ1n) is 13.7. The zero-order chi connectivity index (χ0) is 33.3. The van der Waals surface area contributed by atoms with E-state index < -0.39 is 54.1 Å². The van der Waals surface area contributed by atoms with Crippen LogP contribution in [0.15, 0.2) is 47.5 Å². The van der Waals surface area contributed by atoms with Crippen LogP contribution in [-0.4, -0.2) is 89.6 Å². The third-order valence-electron chi connectivity index (χ3n) is 6.80. The monoisotopic (exact) mass is 625 g/mol. The molecule has 240 valence electrons. The van der Waals surface area contributed by atoms with Gasteiger partial charge in [0.15, 0.2) is 5.96 Å². The second-order valence-corrected chi connectivity index (χ2v) is 9.94. The van der Waals surface area contributed by atoms with E-state index in [2.05, 4.69) is 15.6 Å². The van der Waals surface area contributed by atoms with Gasteiger partial charge in [0.1, 0.15) is 23.6 Å². The molecule has 0 bridgehead atoms. The third-order valence-corrected chi connectivity index (χ3v) is 6.80. The number of carboxylic acid groups (broad SMARTS) is 1. The lowest BCUT2D eigenvalue weighted by Crippen LogP contribution is -2.60. The molecule has 1 saturated heterocycles. The summed E-state index contributed by atoms with van der Waals surface area (Å²) < 4.78 is 10.4. The summed E-state index contributed by atoms with van der Waals surface area (Å²) in [6.07, 6.45) is -0.377. The molecule has 0 saturated carbocycles. The van der Waals surface area contributed by atoms with Crippen LogP contribution in [0.4, 0.5) is 4.79 Å². The number of aliphatic carboxylic acids is 1. The standard InChI is InChI=1S/C29H35N7O9/c1-16(37)35(36-27(42)22(33-29(36)43)5-4-12-32-28(30)31)23(15-24(38)39)26(41)34-25(40)21-14-20(45-3)11-8-18(21)13-17-6-9-19(44-2)10-7-17/h6-11,14,22-23H,4-5,12-13,15H2,1-3H3,(H,33,43)(H,38,39)(H4,30,31,32)(H,34,40,41)/t22?,23-/m0/s1. The van der Waals surface area contributed by atoms with E-state index in [0.29, 0.717) is 27.1 Å². The zero-order valence-corrected chi connectivity index (χ0v) is 24.9. The van der Waals surface area contributed by atoms with Crippen molar-refractivity contribution in [1.82, 2.24) is 20.7 Å². The van der Waals surface area contributed by atoms with E-state index in [1.807, 2.05) is 0 Å². The number of aliphatic imine (C=N–C) groups is 1. The minimum Gasteiger partial charge on any atom is -0.497 e. The lowest BCUT2D eigenvalue weighted by molar-refractivity contribution is -0.164. The maximum atomic E-state index is 13.5. The summed E-state index contributed by atoms with van der Waals surface area (Å²) in [5.41, 5.74) is 11.9. The molecule has 16 heteroatoms. The number of carboxylic acids is 1. The van der Waals surface area contributed by atoms with Gasteiger partial charge in [-0.2, -0.15) is 5.01 Å². The number of benzene rings is 2. The molecule has 2 aromatic rings. The summed E-state index contributed by atoms with van der Waals surface area (Å²) >= 11 is 0. The molecule has 1 heterocycles. The number of carbonyl (C=O) groups excluding carboxylic acids is 5. The summed E-state index contributed by atoms with van der Waals surface area (Å²) in [4.78, 5) is 81.3. The SMILES string of the molecule is COc1ccc(Cc2ccc(OC)cc2C(=O)NC(=O)[C@H](CC(=O)O)N(C(C)=O)N2C(=O)NC(CCCN=C(N)N)C2=O)cc1. The largest absolute Gasteiger partial charge is 0.497 e. The van der Waals surface area contributed by atoms with E-state index >= 15 is 0 Å². The van der Waals surface area contributed by atoms with Crippen LogP contribution in [-0.2, 0) is 25.6 Å². The van der Waals surface area contributed by atoms with Crippen LogP contribution in [0.3, 0.4) is 0 Å². The molecule has 0 aromatic heterocycles. The van der Waals surface area contributed by atoms with Crippen molar-refractivity contribution in [3.05, 3.63) is 59.2 Å². The van der Waals surface area contributed by atoms with Crippen molar-refractivity contribution in [1.29, 1.82) is 0 Å². The summed E-state index contributed by atoms with van der Waals surface area (Å²) in [5, 5.41) is 14.9. The van der Waals surface area contributed by atoms with Gasteiger partial charge in [-0.1, -0.05) is 18.2 Å². The van der Waals surface area contributed by atoms with Gasteiger partial charge in [0.25, 0.3) is 17.7 Å². The number of hydrazine groups is 1. The quantitative estimate of drug-likeness (QED) is 0.0819. The van der Waals surface area contributed by atoms with Gasteiger partial charge in [-0.25, -0.2) is 9.80 Å². The van der Waals surface area contributed by atoms with Crippen molar-refractivity contribution in [2.24, 2.45) is 16.5 Å². The number of guanidine groups is 1. The Bertz CT molecular complexity index is 1490. The van der Waals surface area contributed by atoms with Gasteiger partial charge in [-0.3, -0.25) is 34.3 Å². The van der Waals surface area contributed by atoms with E-state index in [-0.39, 0.29) is 37.3 Å². The molecule has 1 aliphatic heterocycles. The highest BCUT2D eigenvalue weighted by molar-refractivity contribution is 6.10. The van der Waals surface area contributed by atoms with Crippen LogP contribution in [0.25, 0.3) is 0 Å². The van der Waals surface area contributed by atoms with Gasteiger partial charge >= 0.3 is 12.0 Å². The minimum atomic E-state index is -1.95. The molecule has 7 N–H and O–H groups in total. The van der Waals surface area contributed by atoms with Gasteiger partial charge < -0.3 is 31.4 Å². The highest BCUT2D eigenvalue weighted by atomic mass is 16.5. The average Bonchev–Trinajstić information content (AvgIpc) is 3.27. The zero-order valence-electron chi connectivity index (χ0n) is 24.9. The number of rotatable bonds is 14. The molecule has 0 radical (unpaired) electrons. The Labute approximate surface area is 258 Å². The molecule has 1 unspecified atom stereocenters. The summed E-state index contributed by atoms with van der Waals surface area (Å²) in [6.45, 7) is 1.11. The normalized spacial score (nSPS) is 14.6. The Morgan fingerprint density at radius 2 is 1.71 bits per heavy atom. The summed E-state index contributed by atoms with van der Waals surface area (Å²) in [7, 11) is 2.93. The molecule has 1 aliphatic rings. The average molecular weight is 626 g/mol. The molecule has 0 spiro atoms. The van der Waals surface area contributed by atoms with Crippen LogP contribution in [0.2, 0.25) is 0 Å². The van der Waals surface area contributed by atoms with E-state index in [1.165, 1.54) is 20.3 Å². The number of nitrogens with zero attached hydrogens (tertiary/aromatic N) is 3. The van der Waals surface area contributed by atoms with Crippen molar-refractivity contribution in [3.63, 3.8) is 0 Å². The topological polar surface area (TPSA) is 236 Å². The number of methoxy groups -OCH3 is 2. The van der Waals surface area contributed by atoms with Crippen molar-refractivity contribution in [2.45, 2.75) is 44.7 Å². The molecular weight excluding hydrogens is 590 g/mol. The van der Waals surface area contributed by atoms with Crippen LogP contribution >= 0.6 is 0 Å². The fourth-order valence-electron chi connectivity index (χ4n) is 4.65. The van der Waals surface area contributed by atoms with Crippen molar-refractivity contribution in [2.75, 3.05) is 20.8 Å². The summed E-state index contributed by atoms with van der Waals surface area (Å²) in [5.74, 6) is -4.78. The minimum absolute atomic E-state index is 0.0396. The predicted octanol–water partition coefficient (Wildman–Crippen LogP) is 0.132. The fourth-order valence-corrected chi connectivity index (χ4v) is 4.65. The Balaban J connectivity index is 1.88. The first-order valence-corrected chi connectivity index (χ1v) is 13.7. The smallest absolute Gasteiger partial charge is 0.344 e. The van der Waals surface area contributed by atoms with E-state index in [9.17, 15) is 33.9 Å². The van der Waals surface area contributed by atoms with Crippen LogP contribution in [0.5, 0.6) is 11.5 Å². The third kappa shape index (κ3) is 8.68. The number of carbonyl (C=O) groups is 6. The van der Waals surface area contributed by atoms with E-state index in [0.717, 1.165) is 12.5 Å². The second-order valence-electron chi connectivity index (χ2n) is 9.94. The maximum absolute atomic E-state index is 13.5. The first-order chi connectivity index (χ1) is 21.4. The second kappa shape index (κ2) is 15.2. The number of urea groups is 1. The Morgan fingerprint density at radius 1 is 1.07 bits per heavy atom. The Hall–Kier alpha value is -5.67. The van der Waals surface area contributed by atoms with Crippen molar-refractivity contribution >= 4 is 41.6 Å². The van der Waals surface area contributed by atoms with E-state index in [4.69, 9.17) is 20.9 Å². The highest BCUT2D eigenvalue weighted by Crippen LogP contribution is 2.23. The number of imide groups is 2. The van der Waals surface area contributed by atoms with Gasteiger partial charge in [0.2, 0.25) is 5.91 Å². The number of nitrogens with two attached hydrogens (primary N) is 2. The molecular formula is C29H35N7O9. The van der Waals surface area contributed by atoms with Gasteiger partial charge in [0, 0.05) is 19.0 Å². The number of amides is 6. The molecule has 0 aliphatic carbocycles. The molecule has 2 aromatic carbocycles. The van der Waals surface area contributed by atoms with Gasteiger partial charge in [0.05, 0.1) is 20.6 Å². The number of nitrogens with one attached hydrogen (secondary N) is 2. The van der Waals surface area contributed by atoms with Crippen molar-refractivity contribution < 1.29 is 43.3 Å². The maximum Gasteiger partial charge on any atom is 0.344 e. The lowest BCUT2D eigenvalue weighted by Gasteiger charge is -2.33. The number of hydrogen-bond donors (Lipinski definition) is 5. The molecule has 6 amide bonds. The van der Waals surface area contributed by atoms with Crippen molar-refractivity contribution in [3.8, 4) is 11.5 Å². The van der Waals surface area contributed by atoms with Crippen LogP contribution in [0.1, 0.15) is 47.7 Å². The molecule has 16 nitrogen and oxygen atoms in total. The van der Waals surface area contributed by atoms with Crippen LogP contribution in [0, 0.1) is 0 Å². The Morgan fingerprint density at radius 3 is 2.29 bits per heavy atom. The van der Waals surface area contributed by atoms with Gasteiger partial charge in [-0.05, 0) is 54.7 Å². The predicted molar refractivity (Wildman–Crippen MR) is 159 cm³/mol. The Kier molecular flexibility index (Phi) is 11.4. The van der Waals surface area contributed by atoms with E-state index in [1.54, 1.807) is 36.4 Å². The highest BCUT2D eigenvalue weighted by Gasteiger charge is 2.47. The van der Waals surface area contributed by atoms with Crippen LogP contribution < -0.4 is 31.6 Å². The number of hydrogen-bond acceptors (Lipinski definition) is 9. The molecule has 3 rings (SSSR count). The lowest BCUT2D eigenvalue weighted by atomic mass is 9.98. The molecule has 1 fully saturated rings.